The molecule has 1 aliphatic carbocycles. The fourth-order valence-corrected chi connectivity index (χ4v) is 4.35. The van der Waals surface area contributed by atoms with E-state index in [1.807, 2.05) is 0 Å². The van der Waals surface area contributed by atoms with E-state index in [4.69, 9.17) is 10.5 Å². The lowest BCUT2D eigenvalue weighted by molar-refractivity contribution is 0.1000. The number of hydrogen-bond donors (Lipinski definition) is 2. The Balaban J connectivity index is 1.95. The maximum atomic E-state index is 12.6. The van der Waals surface area contributed by atoms with Crippen LogP contribution in [0.4, 0.5) is 5.00 Å². The summed E-state index contributed by atoms with van der Waals surface area (Å²) in [5, 5.41) is 3.39. The van der Waals surface area contributed by atoms with Gasteiger partial charge in [0.25, 0.3) is 11.8 Å². The van der Waals surface area contributed by atoms with Gasteiger partial charge in [-0.15, -0.1) is 11.3 Å². The minimum Gasteiger partial charge on any atom is -0.496 e. The number of aryl methyl sites for hydroxylation is 1. The minimum atomic E-state index is -0.489. The van der Waals surface area contributed by atoms with Crippen LogP contribution in [0.15, 0.2) is 24.3 Å². The molecule has 1 aliphatic rings. The van der Waals surface area contributed by atoms with E-state index in [-0.39, 0.29) is 5.91 Å². The number of carbonyl (C=O) groups excluding carboxylic acids is 2. The largest absolute Gasteiger partial charge is 0.496 e. The highest BCUT2D eigenvalue weighted by Crippen LogP contribution is 2.39. The molecule has 5 nitrogen and oxygen atoms in total. The molecule has 1 atom stereocenters. The Kier molecular flexibility index (Phi) is 4.57. The molecule has 126 valence electrons. The summed E-state index contributed by atoms with van der Waals surface area (Å²) in [5.74, 6) is 0.215. The van der Waals surface area contributed by atoms with Gasteiger partial charge in [-0.3, -0.25) is 9.59 Å². The molecule has 0 saturated carbocycles. The van der Waals surface area contributed by atoms with Gasteiger partial charge in [-0.25, -0.2) is 0 Å². The van der Waals surface area contributed by atoms with E-state index in [1.54, 1.807) is 24.3 Å². The number of ether oxygens (including phenoxy) is 1. The zero-order valence-electron chi connectivity index (χ0n) is 13.7. The first-order valence-electron chi connectivity index (χ1n) is 7.90. The van der Waals surface area contributed by atoms with Gasteiger partial charge in [0.05, 0.1) is 18.2 Å². The number of rotatable bonds is 4. The predicted molar refractivity (Wildman–Crippen MR) is 95.0 cm³/mol. The van der Waals surface area contributed by atoms with E-state index >= 15 is 0 Å². The van der Waals surface area contributed by atoms with E-state index in [0.29, 0.717) is 27.8 Å². The van der Waals surface area contributed by atoms with E-state index < -0.39 is 5.91 Å². The smallest absolute Gasteiger partial charge is 0.260 e. The van der Waals surface area contributed by atoms with Crippen molar-refractivity contribution in [2.45, 2.75) is 26.2 Å². The van der Waals surface area contributed by atoms with E-state index in [9.17, 15) is 9.59 Å². The predicted octanol–water partition coefficient (Wildman–Crippen LogP) is 3.23. The summed E-state index contributed by atoms with van der Waals surface area (Å²) < 4.78 is 5.23. The number of fused-ring (bicyclic) bond motifs is 1. The molecule has 2 amide bonds. The lowest BCUT2D eigenvalue weighted by Gasteiger charge is -2.18. The van der Waals surface area contributed by atoms with Gasteiger partial charge in [-0.05, 0) is 42.9 Å². The van der Waals surface area contributed by atoms with Crippen LogP contribution in [0.3, 0.4) is 0 Å². The van der Waals surface area contributed by atoms with Crippen LogP contribution in [0.1, 0.15) is 44.5 Å². The molecule has 0 saturated heterocycles. The quantitative estimate of drug-likeness (QED) is 0.893. The lowest BCUT2D eigenvalue weighted by atomic mass is 9.87. The Morgan fingerprint density at radius 1 is 1.33 bits per heavy atom. The number of hydrogen-bond acceptors (Lipinski definition) is 4. The van der Waals surface area contributed by atoms with E-state index in [2.05, 4.69) is 12.2 Å². The third-order valence-electron chi connectivity index (χ3n) is 4.33. The average molecular weight is 344 g/mol. The number of anilines is 1. The maximum absolute atomic E-state index is 12.6. The molecule has 0 spiro atoms. The summed E-state index contributed by atoms with van der Waals surface area (Å²) in [6, 6.07) is 6.99. The second-order valence-electron chi connectivity index (χ2n) is 6.07. The Labute approximate surface area is 144 Å². The summed E-state index contributed by atoms with van der Waals surface area (Å²) in [5.41, 5.74) is 7.48. The number of benzene rings is 1. The van der Waals surface area contributed by atoms with Crippen LogP contribution in [0.2, 0.25) is 0 Å². The maximum Gasteiger partial charge on any atom is 0.260 e. The number of carbonyl (C=O) groups is 2. The highest BCUT2D eigenvalue weighted by atomic mass is 32.1. The lowest BCUT2D eigenvalue weighted by Crippen LogP contribution is -2.20. The standard InChI is InChI=1S/C18H20N2O3S/c1-10-7-8-14-12(9-10)15(16(19)21)18(24-14)20-17(22)11-5-3-4-6-13(11)23-2/h3-6,10H,7-9H2,1-2H3,(H2,19,21)(H,20,22). The minimum absolute atomic E-state index is 0.304. The van der Waals surface area contributed by atoms with Crippen molar-refractivity contribution < 1.29 is 14.3 Å². The van der Waals surface area contributed by atoms with Gasteiger partial charge in [0.2, 0.25) is 0 Å². The van der Waals surface area contributed by atoms with Crippen LogP contribution < -0.4 is 15.8 Å². The third kappa shape index (κ3) is 3.01. The van der Waals surface area contributed by atoms with Crippen LogP contribution in [0, 0.1) is 5.92 Å². The van der Waals surface area contributed by atoms with E-state index in [1.165, 1.54) is 18.4 Å². The summed E-state index contributed by atoms with van der Waals surface area (Å²) in [6.45, 7) is 2.17. The summed E-state index contributed by atoms with van der Waals surface area (Å²) in [6.07, 6.45) is 2.84. The zero-order valence-corrected chi connectivity index (χ0v) is 14.5. The van der Waals surface area contributed by atoms with E-state index in [0.717, 1.165) is 29.7 Å². The van der Waals surface area contributed by atoms with Gasteiger partial charge in [0.1, 0.15) is 10.8 Å². The van der Waals surface area contributed by atoms with Gasteiger partial charge in [0, 0.05) is 4.88 Å². The zero-order chi connectivity index (χ0) is 17.3. The fourth-order valence-electron chi connectivity index (χ4n) is 3.11. The van der Waals surface area contributed by atoms with Gasteiger partial charge in [-0.1, -0.05) is 19.1 Å². The highest BCUT2D eigenvalue weighted by Gasteiger charge is 2.27. The van der Waals surface area contributed by atoms with Crippen LogP contribution in [0.5, 0.6) is 5.75 Å². The van der Waals surface area contributed by atoms with Crippen molar-refractivity contribution in [3.05, 3.63) is 45.8 Å². The Bertz CT molecular complexity index is 798. The van der Waals surface area contributed by atoms with Gasteiger partial charge in [0.15, 0.2) is 0 Å². The van der Waals surface area contributed by atoms with Crippen molar-refractivity contribution in [1.82, 2.24) is 0 Å². The molecule has 1 aromatic carbocycles. The van der Waals surface area contributed by atoms with Crippen molar-refractivity contribution in [1.29, 1.82) is 0 Å². The topological polar surface area (TPSA) is 81.4 Å². The molecular formula is C18H20N2O3S. The van der Waals surface area contributed by atoms with Crippen LogP contribution in [-0.4, -0.2) is 18.9 Å². The first-order chi connectivity index (χ1) is 11.5. The summed E-state index contributed by atoms with van der Waals surface area (Å²) in [7, 11) is 1.52. The SMILES string of the molecule is COc1ccccc1C(=O)Nc1sc2c(c1C(N)=O)CC(C)CC2. The molecule has 24 heavy (non-hydrogen) atoms. The van der Waals surface area contributed by atoms with Gasteiger partial charge in [-0.2, -0.15) is 0 Å². The molecule has 6 heteroatoms. The summed E-state index contributed by atoms with van der Waals surface area (Å²) >= 11 is 1.46. The normalized spacial score (nSPS) is 16.3. The Morgan fingerprint density at radius 3 is 2.79 bits per heavy atom. The molecule has 3 N–H and O–H groups in total. The Hall–Kier alpha value is -2.34. The van der Waals surface area contributed by atoms with Gasteiger partial charge < -0.3 is 15.8 Å². The van der Waals surface area contributed by atoms with Crippen molar-refractivity contribution in [3.8, 4) is 5.75 Å². The molecule has 1 aromatic heterocycles. The molecule has 0 aliphatic heterocycles. The number of nitrogens with two attached hydrogens (primary N) is 1. The average Bonchev–Trinajstić information content (AvgIpc) is 2.91. The number of primary amides is 1. The van der Waals surface area contributed by atoms with Crippen molar-refractivity contribution in [2.75, 3.05) is 12.4 Å². The fraction of sp³-hybridized carbons (Fsp3) is 0.333. The third-order valence-corrected chi connectivity index (χ3v) is 5.54. The number of methoxy groups -OCH3 is 1. The molecule has 1 unspecified atom stereocenters. The Morgan fingerprint density at radius 2 is 2.08 bits per heavy atom. The van der Waals surface area contributed by atoms with Crippen LogP contribution in [-0.2, 0) is 12.8 Å². The number of para-hydroxylation sites is 1. The summed E-state index contributed by atoms with van der Waals surface area (Å²) in [4.78, 5) is 25.7. The number of thiophene rings is 1. The number of amides is 2. The first-order valence-corrected chi connectivity index (χ1v) is 8.71. The van der Waals surface area contributed by atoms with Crippen molar-refractivity contribution >= 4 is 28.2 Å². The molecule has 0 fully saturated rings. The van der Waals surface area contributed by atoms with Crippen molar-refractivity contribution in [3.63, 3.8) is 0 Å². The molecule has 2 aromatic rings. The monoisotopic (exact) mass is 344 g/mol. The number of nitrogens with one attached hydrogen (secondary N) is 1. The van der Waals surface area contributed by atoms with Crippen LogP contribution >= 0.6 is 11.3 Å². The highest BCUT2D eigenvalue weighted by molar-refractivity contribution is 7.17. The molecule has 0 radical (unpaired) electrons. The molecule has 3 rings (SSSR count). The molecule has 1 heterocycles. The molecule has 0 bridgehead atoms. The van der Waals surface area contributed by atoms with Gasteiger partial charge >= 0.3 is 0 Å². The van der Waals surface area contributed by atoms with Crippen LogP contribution in [0.25, 0.3) is 0 Å². The second kappa shape index (κ2) is 6.65. The van der Waals surface area contributed by atoms with Crippen molar-refractivity contribution in [2.24, 2.45) is 11.7 Å². The second-order valence-corrected chi connectivity index (χ2v) is 7.18. The first kappa shape index (κ1) is 16.5. The molecular weight excluding hydrogens is 324 g/mol.